The highest BCUT2D eigenvalue weighted by Gasteiger charge is 2.49. The second-order valence-corrected chi connectivity index (χ2v) is 13.2. The molecule has 3 saturated heterocycles. The van der Waals surface area contributed by atoms with E-state index in [0.717, 1.165) is 38.6 Å². The predicted molar refractivity (Wildman–Crippen MR) is 166 cm³/mol. The summed E-state index contributed by atoms with van der Waals surface area (Å²) >= 11 is 0. The number of benzene rings is 1. The molecule has 5 aliphatic heterocycles. The Hall–Kier alpha value is -3.67. The van der Waals surface area contributed by atoms with Gasteiger partial charge in [-0.3, -0.25) is 14.7 Å². The minimum atomic E-state index is -0.911. The number of anilines is 2. The Morgan fingerprint density at radius 3 is 2.80 bits per heavy atom. The topological polar surface area (TPSA) is 110 Å². The lowest BCUT2D eigenvalue weighted by atomic mass is 9.94. The molecular weight excluding hydrogens is 583 g/mol. The van der Waals surface area contributed by atoms with Gasteiger partial charge in [0.2, 0.25) is 5.91 Å². The molecule has 3 aromatic rings. The average molecular weight is 624 g/mol. The summed E-state index contributed by atoms with van der Waals surface area (Å²) in [6.45, 7) is 3.36. The molecule has 0 saturated carbocycles. The third-order valence-electron chi connectivity index (χ3n) is 10.2. The maximum absolute atomic E-state index is 16.7. The monoisotopic (exact) mass is 623 g/mol. The molecule has 1 unspecified atom stereocenters. The van der Waals surface area contributed by atoms with Crippen LogP contribution in [0.4, 0.5) is 24.7 Å². The number of fused-ring (bicyclic) bond motifs is 9. The Kier molecular flexibility index (Phi) is 8.18. The van der Waals surface area contributed by atoms with Crippen LogP contribution >= 0.6 is 0 Å². The lowest BCUT2D eigenvalue weighted by Crippen LogP contribution is -2.43. The smallest absolute Gasteiger partial charge is 0.319 e. The minimum absolute atomic E-state index is 0.000986. The van der Waals surface area contributed by atoms with Gasteiger partial charge in [-0.15, -0.1) is 0 Å². The number of hydrogen-bond acceptors (Lipinski definition) is 8. The Morgan fingerprint density at radius 1 is 1.04 bits per heavy atom. The molecule has 0 spiro atoms. The maximum atomic E-state index is 16.7. The second-order valence-electron chi connectivity index (χ2n) is 13.2. The number of halogens is 3. The molecule has 1 amide bonds. The second kappa shape index (κ2) is 12.3. The van der Waals surface area contributed by atoms with Gasteiger partial charge in [-0.1, -0.05) is 6.07 Å². The van der Waals surface area contributed by atoms with E-state index in [9.17, 15) is 9.18 Å². The number of hydrogen-bond donors (Lipinski definition) is 2. The van der Waals surface area contributed by atoms with Crippen LogP contribution in [0, 0.1) is 17.6 Å². The predicted octanol–water partition coefficient (Wildman–Crippen LogP) is 4.96. The van der Waals surface area contributed by atoms with Gasteiger partial charge in [-0.2, -0.15) is 9.97 Å². The van der Waals surface area contributed by atoms with Crippen molar-refractivity contribution < 1.29 is 22.7 Å². The third-order valence-corrected chi connectivity index (χ3v) is 10.2. The van der Waals surface area contributed by atoms with E-state index in [-0.39, 0.29) is 41.0 Å². The van der Waals surface area contributed by atoms with E-state index in [1.165, 1.54) is 12.3 Å². The van der Waals surface area contributed by atoms with Gasteiger partial charge in [0, 0.05) is 50.8 Å². The van der Waals surface area contributed by atoms with E-state index >= 15 is 8.78 Å². The zero-order valence-electron chi connectivity index (χ0n) is 25.5. The first-order valence-corrected chi connectivity index (χ1v) is 16.3. The molecule has 5 aliphatic rings. The number of nitrogens with two attached hydrogens (primary N) is 1. The Bertz CT molecular complexity index is 1610. The number of carbonyl (C=O) groups is 1. The normalized spacial score (nSPS) is 26.0. The van der Waals surface area contributed by atoms with Gasteiger partial charge in [0.1, 0.15) is 29.8 Å². The van der Waals surface area contributed by atoms with Gasteiger partial charge in [-0.25, -0.2) is 13.2 Å². The molecule has 12 heteroatoms. The molecule has 0 radical (unpaired) electrons. The van der Waals surface area contributed by atoms with Crippen LogP contribution in [0.5, 0.6) is 6.01 Å². The van der Waals surface area contributed by atoms with Crippen molar-refractivity contribution in [2.45, 2.75) is 75.9 Å². The summed E-state index contributed by atoms with van der Waals surface area (Å²) < 4.78 is 53.0. The number of nitrogens with one attached hydrogen (secondary N) is 1. The summed E-state index contributed by atoms with van der Waals surface area (Å²) in [6.07, 6.45) is 7.53. The van der Waals surface area contributed by atoms with Gasteiger partial charge < -0.3 is 20.7 Å². The summed E-state index contributed by atoms with van der Waals surface area (Å²) in [5, 5.41) is 3.46. The molecule has 0 aliphatic carbocycles. The van der Waals surface area contributed by atoms with E-state index in [2.05, 4.69) is 25.1 Å². The third kappa shape index (κ3) is 5.77. The van der Waals surface area contributed by atoms with Crippen molar-refractivity contribution in [3.8, 4) is 17.3 Å². The number of aryl methyl sites for hydroxylation is 1. The van der Waals surface area contributed by atoms with Gasteiger partial charge in [0.15, 0.2) is 11.6 Å². The zero-order chi connectivity index (χ0) is 31.1. The van der Waals surface area contributed by atoms with E-state index in [4.69, 9.17) is 15.5 Å². The molecule has 3 fully saturated rings. The standard InChI is InChI=1S/C33H40F3N7O2/c34-22-15-33(11-4-14-43(33)18-22)19-45-32-40-29-23-16-39-30(28(29)36)26-21(8-9-24(37)27(26)35)6-1-2-7-25(44)38-12-10-20-5-3-13-42(17-20)31(23)41-32/h8-9,16,20,22H,1-7,10-15,17-19,37H2,(H,38,44)/t20?,22-,33+/m1/s1. The molecule has 45 heavy (non-hydrogen) atoms. The first-order chi connectivity index (χ1) is 21.8. The number of rotatable bonds is 3. The van der Waals surface area contributed by atoms with Crippen molar-refractivity contribution in [3.05, 3.63) is 35.5 Å². The van der Waals surface area contributed by atoms with Crippen LogP contribution in [0.15, 0.2) is 18.3 Å². The molecule has 7 heterocycles. The van der Waals surface area contributed by atoms with Crippen molar-refractivity contribution >= 4 is 28.3 Å². The van der Waals surface area contributed by atoms with E-state index < -0.39 is 23.3 Å². The summed E-state index contributed by atoms with van der Waals surface area (Å²) in [4.78, 5) is 30.6. The molecule has 9 nitrogen and oxygen atoms in total. The zero-order valence-corrected chi connectivity index (χ0v) is 25.5. The van der Waals surface area contributed by atoms with E-state index in [0.29, 0.717) is 81.0 Å². The number of piperidine rings is 1. The van der Waals surface area contributed by atoms with Crippen molar-refractivity contribution in [2.75, 3.05) is 50.0 Å². The molecule has 1 aromatic carbocycles. The largest absolute Gasteiger partial charge is 0.461 e. The average Bonchev–Trinajstić information content (AvgIpc) is 3.56. The quantitative estimate of drug-likeness (QED) is 0.395. The Balaban J connectivity index is 1.33. The number of nitrogens with zero attached hydrogens (tertiary/aromatic N) is 5. The number of aromatic nitrogens is 3. The Labute approximate surface area is 260 Å². The summed E-state index contributed by atoms with van der Waals surface area (Å²) in [5.74, 6) is -0.703. The number of pyridine rings is 1. The van der Waals surface area contributed by atoms with Gasteiger partial charge in [0.05, 0.1) is 16.6 Å². The fourth-order valence-electron chi connectivity index (χ4n) is 7.84. The maximum Gasteiger partial charge on any atom is 0.319 e. The van der Waals surface area contributed by atoms with Crippen LogP contribution in [-0.4, -0.2) is 76.8 Å². The SMILES string of the molecule is Nc1ccc2c(c1F)-c1ncc3c(nc(OC[C@@]45CCCN4C[C@H](F)C5)nc3c1F)N1CCCC(CCNC(=O)CCCC2)C1. The molecule has 3 N–H and O–H groups in total. The highest BCUT2D eigenvalue weighted by Crippen LogP contribution is 2.41. The van der Waals surface area contributed by atoms with Crippen molar-refractivity contribution in [2.24, 2.45) is 5.92 Å². The van der Waals surface area contributed by atoms with Crippen LogP contribution in [0.3, 0.4) is 0 Å². The van der Waals surface area contributed by atoms with Crippen LogP contribution in [0.1, 0.15) is 63.4 Å². The molecule has 3 atom stereocenters. The fraction of sp³-hybridized carbons (Fsp3) is 0.576. The summed E-state index contributed by atoms with van der Waals surface area (Å²) in [7, 11) is 0. The van der Waals surface area contributed by atoms with E-state index in [1.807, 2.05) is 0 Å². The van der Waals surface area contributed by atoms with Gasteiger partial charge in [-0.05, 0) is 75.5 Å². The number of amides is 1. The lowest BCUT2D eigenvalue weighted by Gasteiger charge is -2.34. The highest BCUT2D eigenvalue weighted by atomic mass is 19.1. The number of carbonyl (C=O) groups excluding carboxylic acids is 1. The van der Waals surface area contributed by atoms with Gasteiger partial charge in [0.25, 0.3) is 0 Å². The molecule has 2 aromatic heterocycles. The van der Waals surface area contributed by atoms with Crippen LogP contribution in [0.2, 0.25) is 0 Å². The number of alkyl halides is 1. The van der Waals surface area contributed by atoms with Crippen molar-refractivity contribution in [1.29, 1.82) is 0 Å². The molecular formula is C33H40F3N7O2. The number of ether oxygens (including phenoxy) is 1. The van der Waals surface area contributed by atoms with Crippen molar-refractivity contribution in [3.63, 3.8) is 0 Å². The van der Waals surface area contributed by atoms with Crippen molar-refractivity contribution in [1.82, 2.24) is 25.2 Å². The molecule has 8 rings (SSSR count). The first-order valence-electron chi connectivity index (χ1n) is 16.3. The number of nitrogen functional groups attached to an aromatic ring is 1. The summed E-state index contributed by atoms with van der Waals surface area (Å²) in [6, 6.07) is 3.17. The lowest BCUT2D eigenvalue weighted by molar-refractivity contribution is -0.121. The minimum Gasteiger partial charge on any atom is -0.461 e. The first kappa shape index (κ1) is 30.0. The van der Waals surface area contributed by atoms with Crippen LogP contribution < -0.4 is 20.7 Å². The fourth-order valence-corrected chi connectivity index (χ4v) is 7.84. The molecule has 240 valence electrons. The summed E-state index contributed by atoms with van der Waals surface area (Å²) in [5.41, 5.74) is 5.81. The van der Waals surface area contributed by atoms with Crippen LogP contribution in [-0.2, 0) is 11.2 Å². The van der Waals surface area contributed by atoms with Gasteiger partial charge >= 0.3 is 6.01 Å². The van der Waals surface area contributed by atoms with Crippen LogP contribution in [0.25, 0.3) is 22.2 Å². The highest BCUT2D eigenvalue weighted by molar-refractivity contribution is 5.92. The Morgan fingerprint density at radius 2 is 1.91 bits per heavy atom. The van der Waals surface area contributed by atoms with E-state index in [1.54, 1.807) is 6.07 Å². The molecule has 6 bridgehead atoms.